The van der Waals surface area contributed by atoms with Crippen LogP contribution in [0.1, 0.15) is 21.6 Å². The highest BCUT2D eigenvalue weighted by atomic mass is 16.6. The lowest BCUT2D eigenvalue weighted by Gasteiger charge is -2.35. The number of benzene rings is 2. The standard InChI is InChI=1S/C26H25N5O4/c1-19-6-11-25-27-21(17-30(25)16-19)18-35-22-9-7-20(8-10-22)26(32)29-14-12-28(13-15-29)23-4-2-3-5-24(23)31(33)34/h2-11,16-17H,12-15,18H2,1H3. The Morgan fingerprint density at radius 1 is 1.00 bits per heavy atom. The van der Waals surface area contributed by atoms with E-state index in [9.17, 15) is 14.9 Å². The van der Waals surface area contributed by atoms with Crippen molar-refractivity contribution in [3.63, 3.8) is 0 Å². The summed E-state index contributed by atoms with van der Waals surface area (Å²) in [5, 5.41) is 11.3. The first-order valence-corrected chi connectivity index (χ1v) is 11.4. The largest absolute Gasteiger partial charge is 0.487 e. The summed E-state index contributed by atoms with van der Waals surface area (Å²) in [4.78, 5) is 32.2. The topological polar surface area (TPSA) is 93.2 Å². The second kappa shape index (κ2) is 9.46. The van der Waals surface area contributed by atoms with Gasteiger partial charge in [0.1, 0.15) is 23.7 Å². The molecule has 0 aliphatic carbocycles. The summed E-state index contributed by atoms with van der Waals surface area (Å²) < 4.78 is 7.84. The van der Waals surface area contributed by atoms with Gasteiger partial charge >= 0.3 is 0 Å². The van der Waals surface area contributed by atoms with Crippen LogP contribution in [0, 0.1) is 17.0 Å². The molecule has 0 bridgehead atoms. The number of amides is 1. The van der Waals surface area contributed by atoms with Gasteiger partial charge in [-0.1, -0.05) is 18.2 Å². The molecule has 178 valence electrons. The minimum absolute atomic E-state index is 0.0607. The molecule has 3 heterocycles. The van der Waals surface area contributed by atoms with Crippen LogP contribution in [0.2, 0.25) is 0 Å². The number of pyridine rings is 1. The van der Waals surface area contributed by atoms with E-state index in [1.165, 1.54) is 6.07 Å². The van der Waals surface area contributed by atoms with Gasteiger partial charge in [-0.15, -0.1) is 0 Å². The van der Waals surface area contributed by atoms with Crippen molar-refractivity contribution >= 4 is 22.9 Å². The zero-order valence-corrected chi connectivity index (χ0v) is 19.3. The number of rotatable bonds is 6. The minimum atomic E-state index is -0.369. The molecule has 0 atom stereocenters. The van der Waals surface area contributed by atoms with Crippen molar-refractivity contribution in [2.45, 2.75) is 13.5 Å². The third-order valence-corrected chi connectivity index (χ3v) is 6.12. The number of piperazine rings is 1. The molecule has 2 aromatic carbocycles. The third-order valence-electron chi connectivity index (χ3n) is 6.12. The highest BCUT2D eigenvalue weighted by molar-refractivity contribution is 5.94. The summed E-state index contributed by atoms with van der Waals surface area (Å²) in [5.74, 6) is 0.602. The van der Waals surface area contributed by atoms with E-state index in [1.807, 2.05) is 40.8 Å². The third kappa shape index (κ3) is 4.79. The lowest BCUT2D eigenvalue weighted by atomic mass is 10.1. The molecule has 4 aromatic rings. The minimum Gasteiger partial charge on any atom is -0.487 e. The molecule has 9 heteroatoms. The summed E-state index contributed by atoms with van der Waals surface area (Å²) in [6, 6.07) is 17.8. The number of nitro benzene ring substituents is 1. The molecule has 1 fully saturated rings. The Hall–Kier alpha value is -4.40. The first kappa shape index (κ1) is 22.4. The highest BCUT2D eigenvalue weighted by Gasteiger charge is 2.26. The molecule has 0 unspecified atom stereocenters. The van der Waals surface area contributed by atoms with Crippen LogP contribution in [0.15, 0.2) is 73.1 Å². The molecule has 1 saturated heterocycles. The Bertz CT molecular complexity index is 1370. The number of para-hydroxylation sites is 2. The number of aryl methyl sites for hydroxylation is 1. The second-order valence-electron chi connectivity index (χ2n) is 8.54. The average molecular weight is 472 g/mol. The number of hydrogen-bond donors (Lipinski definition) is 0. The fourth-order valence-corrected chi connectivity index (χ4v) is 4.30. The Labute approximate surface area is 202 Å². The van der Waals surface area contributed by atoms with E-state index in [-0.39, 0.29) is 16.5 Å². The molecular weight excluding hydrogens is 446 g/mol. The zero-order chi connectivity index (χ0) is 24.4. The average Bonchev–Trinajstić information content (AvgIpc) is 3.29. The molecule has 5 rings (SSSR count). The van der Waals surface area contributed by atoms with Gasteiger partial charge in [-0.3, -0.25) is 14.9 Å². The number of carbonyl (C=O) groups excluding carboxylic acids is 1. The maximum absolute atomic E-state index is 13.0. The Morgan fingerprint density at radius 2 is 1.74 bits per heavy atom. The van der Waals surface area contributed by atoms with Crippen LogP contribution < -0.4 is 9.64 Å². The molecule has 0 N–H and O–H groups in total. The van der Waals surface area contributed by atoms with Crippen LogP contribution in [0.4, 0.5) is 11.4 Å². The van der Waals surface area contributed by atoms with E-state index >= 15 is 0 Å². The number of aromatic nitrogens is 2. The van der Waals surface area contributed by atoms with Crippen molar-refractivity contribution in [3.8, 4) is 5.75 Å². The summed E-state index contributed by atoms with van der Waals surface area (Å²) in [6.45, 7) is 4.44. The lowest BCUT2D eigenvalue weighted by molar-refractivity contribution is -0.384. The summed E-state index contributed by atoms with van der Waals surface area (Å²) in [6.07, 6.45) is 3.97. The van der Waals surface area contributed by atoms with E-state index in [1.54, 1.807) is 47.4 Å². The maximum Gasteiger partial charge on any atom is 0.292 e. The number of imidazole rings is 1. The Kier molecular flexibility index (Phi) is 6.05. The highest BCUT2D eigenvalue weighted by Crippen LogP contribution is 2.28. The van der Waals surface area contributed by atoms with Gasteiger partial charge in [0.25, 0.3) is 11.6 Å². The van der Waals surface area contributed by atoms with Crippen molar-refractivity contribution < 1.29 is 14.5 Å². The predicted octanol–water partition coefficient (Wildman–Crippen LogP) is 4.09. The first-order chi connectivity index (χ1) is 17.0. The molecular formula is C26H25N5O4. The fourth-order valence-electron chi connectivity index (χ4n) is 4.30. The first-order valence-electron chi connectivity index (χ1n) is 11.4. The number of hydrogen-bond acceptors (Lipinski definition) is 6. The van der Waals surface area contributed by atoms with Gasteiger partial charge in [0.05, 0.1) is 10.6 Å². The Balaban J connectivity index is 1.17. The number of fused-ring (bicyclic) bond motifs is 1. The molecule has 2 aromatic heterocycles. The molecule has 1 aliphatic heterocycles. The van der Waals surface area contributed by atoms with E-state index < -0.39 is 0 Å². The second-order valence-corrected chi connectivity index (χ2v) is 8.54. The molecule has 0 saturated carbocycles. The van der Waals surface area contributed by atoms with Crippen molar-refractivity contribution in [2.24, 2.45) is 0 Å². The SMILES string of the molecule is Cc1ccc2nc(COc3ccc(C(=O)N4CCN(c5ccccc5[N+](=O)[O-])CC4)cc3)cn2c1. The zero-order valence-electron chi connectivity index (χ0n) is 19.3. The van der Waals surface area contributed by atoms with Gasteiger partial charge in [0.15, 0.2) is 0 Å². The summed E-state index contributed by atoms with van der Waals surface area (Å²) >= 11 is 0. The fraction of sp³-hybridized carbons (Fsp3) is 0.231. The van der Waals surface area contributed by atoms with Crippen LogP contribution in [0.3, 0.4) is 0 Å². The lowest BCUT2D eigenvalue weighted by Crippen LogP contribution is -2.48. The maximum atomic E-state index is 13.0. The number of nitro groups is 1. The van der Waals surface area contributed by atoms with Crippen LogP contribution >= 0.6 is 0 Å². The van der Waals surface area contributed by atoms with E-state index in [0.29, 0.717) is 49.8 Å². The number of ether oxygens (including phenoxy) is 1. The smallest absolute Gasteiger partial charge is 0.292 e. The molecule has 1 aliphatic rings. The van der Waals surface area contributed by atoms with Crippen LogP contribution in [-0.4, -0.2) is 51.3 Å². The summed E-state index contributed by atoms with van der Waals surface area (Å²) in [5.41, 5.74) is 4.11. The van der Waals surface area contributed by atoms with Crippen LogP contribution in [-0.2, 0) is 6.61 Å². The van der Waals surface area contributed by atoms with Gasteiger partial charge in [0, 0.05) is 50.2 Å². The van der Waals surface area contributed by atoms with E-state index in [2.05, 4.69) is 4.98 Å². The molecule has 0 spiro atoms. The van der Waals surface area contributed by atoms with Gasteiger partial charge in [-0.05, 0) is 48.9 Å². The summed E-state index contributed by atoms with van der Waals surface area (Å²) in [7, 11) is 0. The Morgan fingerprint density at radius 3 is 2.49 bits per heavy atom. The van der Waals surface area contributed by atoms with Gasteiger partial charge < -0.3 is 18.9 Å². The van der Waals surface area contributed by atoms with E-state index in [4.69, 9.17) is 4.74 Å². The van der Waals surface area contributed by atoms with Crippen molar-refractivity contribution in [3.05, 3.63) is 100.0 Å². The molecule has 0 radical (unpaired) electrons. The van der Waals surface area contributed by atoms with Gasteiger partial charge in [-0.2, -0.15) is 0 Å². The normalized spacial score (nSPS) is 13.7. The van der Waals surface area contributed by atoms with Crippen molar-refractivity contribution in [2.75, 3.05) is 31.1 Å². The number of anilines is 1. The predicted molar refractivity (Wildman–Crippen MR) is 132 cm³/mol. The quantitative estimate of drug-likeness (QED) is 0.311. The number of carbonyl (C=O) groups is 1. The van der Waals surface area contributed by atoms with Gasteiger partial charge in [0.2, 0.25) is 0 Å². The van der Waals surface area contributed by atoms with Crippen molar-refractivity contribution in [1.82, 2.24) is 14.3 Å². The van der Waals surface area contributed by atoms with E-state index in [0.717, 1.165) is 16.9 Å². The monoisotopic (exact) mass is 471 g/mol. The van der Waals surface area contributed by atoms with Crippen LogP contribution in [0.25, 0.3) is 5.65 Å². The molecule has 1 amide bonds. The molecule has 9 nitrogen and oxygen atoms in total. The van der Waals surface area contributed by atoms with Gasteiger partial charge in [-0.25, -0.2) is 4.98 Å². The number of nitrogens with zero attached hydrogens (tertiary/aromatic N) is 5. The molecule has 35 heavy (non-hydrogen) atoms. The van der Waals surface area contributed by atoms with Crippen molar-refractivity contribution in [1.29, 1.82) is 0 Å². The van der Waals surface area contributed by atoms with Crippen LogP contribution in [0.5, 0.6) is 5.75 Å².